The lowest BCUT2D eigenvalue weighted by Crippen LogP contribution is -2.11. The fraction of sp³-hybridized carbons (Fsp3) is 0.636. The van der Waals surface area contributed by atoms with E-state index in [9.17, 15) is 0 Å². The predicted octanol–water partition coefficient (Wildman–Crippen LogP) is 1.57. The Morgan fingerprint density at radius 1 is 1.38 bits per heavy atom. The molecular weight excluding hydrogens is 206 g/mol. The van der Waals surface area contributed by atoms with E-state index >= 15 is 0 Å². The Kier molecular flexibility index (Phi) is 5.56. The molecule has 1 rings (SSSR count). The minimum absolute atomic E-state index is 0.507. The van der Waals surface area contributed by atoms with Crippen LogP contribution in [0.5, 0.6) is 5.88 Å². The van der Waals surface area contributed by atoms with Crippen molar-refractivity contribution in [1.82, 2.24) is 9.97 Å². The van der Waals surface area contributed by atoms with Crippen LogP contribution in [0, 0.1) is 5.92 Å². The molecule has 16 heavy (non-hydrogen) atoms. The van der Waals surface area contributed by atoms with E-state index in [0.29, 0.717) is 31.0 Å². The number of anilines is 1. The molecule has 0 saturated heterocycles. The van der Waals surface area contributed by atoms with Gasteiger partial charge in [0.15, 0.2) is 0 Å². The second-order valence-corrected chi connectivity index (χ2v) is 3.79. The van der Waals surface area contributed by atoms with Crippen molar-refractivity contribution in [3.05, 3.63) is 12.3 Å². The molecular formula is C11H19N3O2. The first-order valence-corrected chi connectivity index (χ1v) is 5.43. The standard InChI is InChI=1S/C11H19N3O2/c1-9(2)8-15-6-7-16-10-4-5-13-11(12-3)14-10/h4-5,9H,6-8H2,1-3H3,(H,12,13,14). The first kappa shape index (κ1) is 12.7. The lowest BCUT2D eigenvalue weighted by atomic mass is 10.2. The molecule has 0 spiro atoms. The molecule has 1 N–H and O–H groups in total. The highest BCUT2D eigenvalue weighted by molar-refractivity contribution is 5.25. The van der Waals surface area contributed by atoms with E-state index < -0.39 is 0 Å². The van der Waals surface area contributed by atoms with Crippen molar-refractivity contribution in [2.75, 3.05) is 32.2 Å². The van der Waals surface area contributed by atoms with E-state index in [4.69, 9.17) is 9.47 Å². The van der Waals surface area contributed by atoms with Gasteiger partial charge in [-0.2, -0.15) is 4.98 Å². The second kappa shape index (κ2) is 7.00. The lowest BCUT2D eigenvalue weighted by Gasteiger charge is -2.08. The highest BCUT2D eigenvalue weighted by Gasteiger charge is 1.98. The quantitative estimate of drug-likeness (QED) is 0.714. The van der Waals surface area contributed by atoms with E-state index in [1.54, 1.807) is 19.3 Å². The summed E-state index contributed by atoms with van der Waals surface area (Å²) in [6, 6.07) is 1.73. The van der Waals surface area contributed by atoms with Gasteiger partial charge in [-0.3, -0.25) is 0 Å². The molecule has 1 aromatic heterocycles. The van der Waals surface area contributed by atoms with E-state index in [2.05, 4.69) is 29.1 Å². The molecule has 0 aromatic carbocycles. The number of hydrogen-bond acceptors (Lipinski definition) is 5. The van der Waals surface area contributed by atoms with Crippen molar-refractivity contribution < 1.29 is 9.47 Å². The molecule has 5 heteroatoms. The molecule has 0 saturated carbocycles. The van der Waals surface area contributed by atoms with Crippen molar-refractivity contribution in [2.45, 2.75) is 13.8 Å². The molecule has 0 aliphatic rings. The number of aromatic nitrogens is 2. The first-order chi connectivity index (χ1) is 7.72. The third-order valence-corrected chi connectivity index (χ3v) is 1.78. The molecule has 0 aliphatic heterocycles. The van der Waals surface area contributed by atoms with Crippen LogP contribution in [0.3, 0.4) is 0 Å². The van der Waals surface area contributed by atoms with Crippen LogP contribution >= 0.6 is 0 Å². The topological polar surface area (TPSA) is 56.3 Å². The van der Waals surface area contributed by atoms with Crippen LogP contribution in [-0.4, -0.2) is 36.8 Å². The van der Waals surface area contributed by atoms with E-state index in [1.807, 2.05) is 0 Å². The lowest BCUT2D eigenvalue weighted by molar-refractivity contribution is 0.0806. The van der Waals surface area contributed by atoms with Gasteiger partial charge in [0.1, 0.15) is 6.61 Å². The maximum Gasteiger partial charge on any atom is 0.225 e. The van der Waals surface area contributed by atoms with Gasteiger partial charge < -0.3 is 14.8 Å². The number of nitrogens with one attached hydrogen (secondary N) is 1. The zero-order valence-corrected chi connectivity index (χ0v) is 10.1. The highest BCUT2D eigenvalue weighted by atomic mass is 16.5. The second-order valence-electron chi connectivity index (χ2n) is 3.79. The molecule has 0 atom stereocenters. The number of rotatable bonds is 7. The Balaban J connectivity index is 2.21. The smallest absolute Gasteiger partial charge is 0.225 e. The average Bonchev–Trinajstić information content (AvgIpc) is 2.28. The largest absolute Gasteiger partial charge is 0.475 e. The monoisotopic (exact) mass is 225 g/mol. The van der Waals surface area contributed by atoms with E-state index in [-0.39, 0.29) is 0 Å². The Morgan fingerprint density at radius 2 is 2.19 bits per heavy atom. The molecule has 90 valence electrons. The summed E-state index contributed by atoms with van der Waals surface area (Å²) in [5.41, 5.74) is 0. The highest BCUT2D eigenvalue weighted by Crippen LogP contribution is 2.07. The first-order valence-electron chi connectivity index (χ1n) is 5.43. The number of ether oxygens (including phenoxy) is 2. The molecule has 0 aliphatic carbocycles. The zero-order valence-electron chi connectivity index (χ0n) is 10.1. The minimum Gasteiger partial charge on any atom is -0.475 e. The summed E-state index contributed by atoms with van der Waals surface area (Å²) in [5.74, 6) is 1.67. The van der Waals surface area contributed by atoms with Crippen LogP contribution < -0.4 is 10.1 Å². The van der Waals surface area contributed by atoms with Crippen molar-refractivity contribution in [3.63, 3.8) is 0 Å². The summed E-state index contributed by atoms with van der Waals surface area (Å²) < 4.78 is 10.8. The van der Waals surface area contributed by atoms with Crippen LogP contribution in [0.25, 0.3) is 0 Å². The summed E-state index contributed by atoms with van der Waals surface area (Å²) in [7, 11) is 1.77. The van der Waals surface area contributed by atoms with Gasteiger partial charge in [0.25, 0.3) is 0 Å². The van der Waals surface area contributed by atoms with Crippen molar-refractivity contribution in [1.29, 1.82) is 0 Å². The third-order valence-electron chi connectivity index (χ3n) is 1.78. The van der Waals surface area contributed by atoms with Gasteiger partial charge in [0.05, 0.1) is 6.61 Å². The van der Waals surface area contributed by atoms with E-state index in [1.165, 1.54) is 0 Å². The van der Waals surface area contributed by atoms with Gasteiger partial charge in [0.2, 0.25) is 11.8 Å². The Labute approximate surface area is 96.2 Å². The number of hydrogen-bond donors (Lipinski definition) is 1. The summed E-state index contributed by atoms with van der Waals surface area (Å²) in [6.45, 7) is 6.08. The van der Waals surface area contributed by atoms with Gasteiger partial charge >= 0.3 is 0 Å². The van der Waals surface area contributed by atoms with Gasteiger partial charge in [-0.05, 0) is 5.92 Å². The van der Waals surface area contributed by atoms with Gasteiger partial charge in [-0.15, -0.1) is 0 Å². The molecule has 0 fully saturated rings. The van der Waals surface area contributed by atoms with Crippen molar-refractivity contribution in [2.24, 2.45) is 5.92 Å². The van der Waals surface area contributed by atoms with Crippen LogP contribution in [0.1, 0.15) is 13.8 Å². The summed E-state index contributed by atoms with van der Waals surface area (Å²) in [6.07, 6.45) is 1.66. The van der Waals surface area contributed by atoms with E-state index in [0.717, 1.165) is 6.61 Å². The van der Waals surface area contributed by atoms with Crippen LogP contribution in [0.2, 0.25) is 0 Å². The number of nitrogens with zero attached hydrogens (tertiary/aromatic N) is 2. The third kappa shape index (κ3) is 4.93. The van der Waals surface area contributed by atoms with Gasteiger partial charge in [-0.25, -0.2) is 4.98 Å². The maximum absolute atomic E-state index is 5.41. The molecule has 0 bridgehead atoms. The van der Waals surface area contributed by atoms with Crippen molar-refractivity contribution in [3.8, 4) is 5.88 Å². The van der Waals surface area contributed by atoms with Gasteiger partial charge in [0, 0.05) is 25.9 Å². The van der Waals surface area contributed by atoms with Crippen LogP contribution in [0.4, 0.5) is 5.95 Å². The molecule has 0 unspecified atom stereocenters. The Hall–Kier alpha value is -1.36. The molecule has 0 radical (unpaired) electrons. The Bertz CT molecular complexity index is 305. The summed E-state index contributed by atoms with van der Waals surface area (Å²) >= 11 is 0. The molecule has 1 heterocycles. The minimum atomic E-state index is 0.507. The zero-order chi connectivity index (χ0) is 11.8. The van der Waals surface area contributed by atoms with Crippen LogP contribution in [-0.2, 0) is 4.74 Å². The SMILES string of the molecule is CNc1nccc(OCCOCC(C)C)n1. The normalized spacial score (nSPS) is 10.5. The fourth-order valence-electron chi connectivity index (χ4n) is 1.07. The van der Waals surface area contributed by atoms with Crippen LogP contribution in [0.15, 0.2) is 12.3 Å². The summed E-state index contributed by atoms with van der Waals surface area (Å²) in [4.78, 5) is 8.12. The predicted molar refractivity (Wildman–Crippen MR) is 62.7 cm³/mol. The average molecular weight is 225 g/mol. The summed E-state index contributed by atoms with van der Waals surface area (Å²) in [5, 5.41) is 2.85. The molecule has 0 amide bonds. The van der Waals surface area contributed by atoms with Crippen molar-refractivity contribution >= 4 is 5.95 Å². The van der Waals surface area contributed by atoms with Gasteiger partial charge in [-0.1, -0.05) is 13.8 Å². The molecule has 1 aromatic rings. The fourth-order valence-corrected chi connectivity index (χ4v) is 1.07. The molecule has 5 nitrogen and oxygen atoms in total. The maximum atomic E-state index is 5.41. The Morgan fingerprint density at radius 3 is 2.88 bits per heavy atom.